The summed E-state index contributed by atoms with van der Waals surface area (Å²) in [5.74, 6) is -0.731. The molecular weight excluding hydrogens is 381 g/mol. The van der Waals surface area contributed by atoms with E-state index < -0.39 is 15.8 Å². The Morgan fingerprint density at radius 1 is 1.09 bits per heavy atom. The van der Waals surface area contributed by atoms with Crippen LogP contribution in [0.1, 0.15) is 12.0 Å². The standard InChI is InChI=1S/C17H15BrFNO2S/c18-15-6-7-16(19)17(12-15)23(21,22)20-10-8-14(9-11-20)13-4-2-1-3-5-13/h1-8,12H,9-11H2. The van der Waals surface area contributed by atoms with Gasteiger partial charge in [-0.25, -0.2) is 12.8 Å². The quantitative estimate of drug-likeness (QED) is 0.785. The van der Waals surface area contributed by atoms with Crippen molar-refractivity contribution in [3.63, 3.8) is 0 Å². The molecule has 0 aromatic heterocycles. The molecule has 0 spiro atoms. The van der Waals surface area contributed by atoms with E-state index in [2.05, 4.69) is 15.9 Å². The molecule has 23 heavy (non-hydrogen) atoms. The summed E-state index contributed by atoms with van der Waals surface area (Å²) in [5, 5.41) is 0. The summed E-state index contributed by atoms with van der Waals surface area (Å²) >= 11 is 3.19. The van der Waals surface area contributed by atoms with Crippen molar-refractivity contribution in [3.8, 4) is 0 Å². The van der Waals surface area contributed by atoms with Gasteiger partial charge in [-0.1, -0.05) is 52.3 Å². The highest BCUT2D eigenvalue weighted by molar-refractivity contribution is 9.10. The van der Waals surface area contributed by atoms with Gasteiger partial charge in [0.15, 0.2) is 0 Å². The predicted molar refractivity (Wildman–Crippen MR) is 91.9 cm³/mol. The third-order valence-corrected chi connectivity index (χ3v) is 6.20. The molecule has 0 atom stereocenters. The fourth-order valence-electron chi connectivity index (χ4n) is 2.60. The molecule has 1 aliphatic heterocycles. The van der Waals surface area contributed by atoms with Gasteiger partial charge >= 0.3 is 0 Å². The van der Waals surface area contributed by atoms with Crippen LogP contribution >= 0.6 is 15.9 Å². The first-order valence-corrected chi connectivity index (χ1v) is 9.41. The second-order valence-electron chi connectivity index (χ2n) is 5.28. The number of rotatable bonds is 3. The van der Waals surface area contributed by atoms with E-state index in [0.717, 1.165) is 17.2 Å². The molecule has 3 nitrogen and oxygen atoms in total. The van der Waals surface area contributed by atoms with Crippen LogP contribution < -0.4 is 0 Å². The van der Waals surface area contributed by atoms with Gasteiger partial charge in [-0.05, 0) is 35.8 Å². The van der Waals surface area contributed by atoms with E-state index in [1.54, 1.807) is 0 Å². The number of hydrogen-bond donors (Lipinski definition) is 0. The van der Waals surface area contributed by atoms with E-state index in [4.69, 9.17) is 0 Å². The molecule has 0 saturated heterocycles. The van der Waals surface area contributed by atoms with Crippen molar-refractivity contribution in [1.29, 1.82) is 0 Å². The molecule has 0 bridgehead atoms. The van der Waals surface area contributed by atoms with Crippen molar-refractivity contribution in [3.05, 3.63) is 70.5 Å². The van der Waals surface area contributed by atoms with Gasteiger partial charge in [0.2, 0.25) is 10.0 Å². The molecule has 0 N–H and O–H groups in total. The van der Waals surface area contributed by atoms with Crippen LogP contribution in [0.3, 0.4) is 0 Å². The summed E-state index contributed by atoms with van der Waals surface area (Å²) in [6.45, 7) is 0.591. The predicted octanol–water partition coefficient (Wildman–Crippen LogP) is 4.07. The Bertz CT molecular complexity index is 850. The Kier molecular flexibility index (Phi) is 4.66. The number of benzene rings is 2. The van der Waals surface area contributed by atoms with E-state index in [-0.39, 0.29) is 11.4 Å². The molecule has 0 saturated carbocycles. The van der Waals surface area contributed by atoms with Gasteiger partial charge in [0, 0.05) is 17.6 Å². The minimum Gasteiger partial charge on any atom is -0.207 e. The molecule has 120 valence electrons. The van der Waals surface area contributed by atoms with Crippen molar-refractivity contribution < 1.29 is 12.8 Å². The minimum absolute atomic E-state index is 0.249. The maximum Gasteiger partial charge on any atom is 0.246 e. The van der Waals surface area contributed by atoms with Gasteiger partial charge < -0.3 is 0 Å². The van der Waals surface area contributed by atoms with E-state index >= 15 is 0 Å². The van der Waals surface area contributed by atoms with E-state index in [1.807, 2.05) is 36.4 Å². The fraction of sp³-hybridized carbons (Fsp3) is 0.176. The lowest BCUT2D eigenvalue weighted by molar-refractivity contribution is 0.436. The molecule has 2 aromatic carbocycles. The smallest absolute Gasteiger partial charge is 0.207 e. The Balaban J connectivity index is 1.87. The van der Waals surface area contributed by atoms with Gasteiger partial charge in [0.05, 0.1) is 0 Å². The summed E-state index contributed by atoms with van der Waals surface area (Å²) in [6, 6.07) is 13.8. The Morgan fingerprint density at radius 3 is 2.48 bits per heavy atom. The van der Waals surface area contributed by atoms with E-state index in [1.165, 1.54) is 16.4 Å². The third kappa shape index (κ3) is 3.39. The van der Waals surface area contributed by atoms with Crippen molar-refractivity contribution in [1.82, 2.24) is 4.31 Å². The Labute approximate surface area is 143 Å². The average Bonchev–Trinajstić information content (AvgIpc) is 2.58. The Morgan fingerprint density at radius 2 is 1.83 bits per heavy atom. The van der Waals surface area contributed by atoms with Crippen LogP contribution in [0, 0.1) is 5.82 Å². The zero-order valence-electron chi connectivity index (χ0n) is 12.2. The minimum atomic E-state index is -3.84. The highest BCUT2D eigenvalue weighted by Gasteiger charge is 2.29. The molecule has 1 aliphatic rings. The van der Waals surface area contributed by atoms with E-state index in [0.29, 0.717) is 17.4 Å². The normalized spacial score (nSPS) is 16.2. The first kappa shape index (κ1) is 16.4. The van der Waals surface area contributed by atoms with Crippen molar-refractivity contribution in [2.75, 3.05) is 13.1 Å². The highest BCUT2D eigenvalue weighted by Crippen LogP contribution is 2.28. The van der Waals surface area contributed by atoms with Crippen LogP contribution in [0.2, 0.25) is 0 Å². The largest absolute Gasteiger partial charge is 0.246 e. The van der Waals surface area contributed by atoms with Crippen LogP contribution in [0.4, 0.5) is 4.39 Å². The van der Waals surface area contributed by atoms with Crippen LogP contribution in [0.5, 0.6) is 0 Å². The highest BCUT2D eigenvalue weighted by atomic mass is 79.9. The lowest BCUT2D eigenvalue weighted by atomic mass is 10.0. The van der Waals surface area contributed by atoms with Gasteiger partial charge in [-0.15, -0.1) is 0 Å². The zero-order valence-corrected chi connectivity index (χ0v) is 14.6. The maximum absolute atomic E-state index is 13.9. The maximum atomic E-state index is 13.9. The Hall–Kier alpha value is -1.50. The zero-order chi connectivity index (χ0) is 16.4. The van der Waals surface area contributed by atoms with Crippen LogP contribution in [0.15, 0.2) is 64.0 Å². The number of halogens is 2. The molecule has 0 amide bonds. The molecule has 2 aromatic rings. The lowest BCUT2D eigenvalue weighted by Gasteiger charge is -2.26. The molecule has 3 rings (SSSR count). The first-order valence-electron chi connectivity index (χ1n) is 7.18. The van der Waals surface area contributed by atoms with Crippen molar-refractivity contribution in [2.24, 2.45) is 0 Å². The second kappa shape index (κ2) is 6.55. The van der Waals surface area contributed by atoms with Crippen molar-refractivity contribution in [2.45, 2.75) is 11.3 Å². The van der Waals surface area contributed by atoms with Gasteiger partial charge in [-0.3, -0.25) is 0 Å². The van der Waals surface area contributed by atoms with Gasteiger partial charge in [0.25, 0.3) is 0 Å². The van der Waals surface area contributed by atoms with Crippen molar-refractivity contribution >= 4 is 31.5 Å². The third-order valence-electron chi connectivity index (χ3n) is 3.83. The SMILES string of the molecule is O=S(=O)(c1cc(Br)ccc1F)N1CC=C(c2ccccc2)CC1. The molecule has 1 heterocycles. The van der Waals surface area contributed by atoms with E-state index in [9.17, 15) is 12.8 Å². The molecule has 0 unspecified atom stereocenters. The molecular formula is C17H15BrFNO2S. The summed E-state index contributed by atoms with van der Waals surface area (Å²) in [5.41, 5.74) is 2.21. The van der Waals surface area contributed by atoms with Crippen LogP contribution in [-0.2, 0) is 10.0 Å². The summed E-state index contributed by atoms with van der Waals surface area (Å²) in [4.78, 5) is -0.288. The number of hydrogen-bond acceptors (Lipinski definition) is 2. The van der Waals surface area contributed by atoms with Crippen LogP contribution in [-0.4, -0.2) is 25.8 Å². The topological polar surface area (TPSA) is 37.4 Å². The molecule has 0 fully saturated rings. The van der Waals surface area contributed by atoms with Crippen LogP contribution in [0.25, 0.3) is 5.57 Å². The molecule has 6 heteroatoms. The number of sulfonamides is 1. The summed E-state index contributed by atoms with van der Waals surface area (Å²) in [6.07, 6.45) is 2.51. The lowest BCUT2D eigenvalue weighted by Crippen LogP contribution is -2.35. The van der Waals surface area contributed by atoms with Gasteiger partial charge in [-0.2, -0.15) is 4.31 Å². The molecule has 0 aliphatic carbocycles. The van der Waals surface area contributed by atoms with Gasteiger partial charge in [0.1, 0.15) is 10.7 Å². The summed E-state index contributed by atoms with van der Waals surface area (Å²) in [7, 11) is -3.84. The average molecular weight is 396 g/mol. The monoisotopic (exact) mass is 395 g/mol. The fourth-order valence-corrected chi connectivity index (χ4v) is 4.58. The number of nitrogens with zero attached hydrogens (tertiary/aromatic N) is 1. The summed E-state index contributed by atoms with van der Waals surface area (Å²) < 4.78 is 41.0. The second-order valence-corrected chi connectivity index (χ2v) is 8.11. The molecule has 0 radical (unpaired) electrons. The first-order chi connectivity index (χ1) is 11.0.